The summed E-state index contributed by atoms with van der Waals surface area (Å²) in [5, 5.41) is 0. The molecule has 0 aliphatic carbocycles. The number of ketones is 1. The Morgan fingerprint density at radius 3 is 2.64 bits per heavy atom. The average Bonchev–Trinajstić information content (AvgIpc) is 2.54. The molecular weight excluding hydrogens is 184 g/mol. The Hall–Kier alpha value is -1.20. The van der Waals surface area contributed by atoms with Gasteiger partial charge in [-0.05, 0) is 0 Å². The fourth-order valence-electron chi connectivity index (χ4n) is 1.17. The van der Waals surface area contributed by atoms with E-state index in [1.807, 2.05) is 7.05 Å². The molecule has 14 heavy (non-hydrogen) atoms. The van der Waals surface area contributed by atoms with Gasteiger partial charge in [-0.1, -0.05) is 0 Å². The Morgan fingerprint density at radius 2 is 2.21 bits per heavy atom. The summed E-state index contributed by atoms with van der Waals surface area (Å²) in [6.45, 7) is 0. The fourth-order valence-corrected chi connectivity index (χ4v) is 1.17. The normalized spacial score (nSPS) is 10.9. The Morgan fingerprint density at radius 1 is 1.57 bits per heavy atom. The zero-order valence-electron chi connectivity index (χ0n) is 8.56. The van der Waals surface area contributed by atoms with Crippen molar-refractivity contribution < 1.29 is 14.3 Å². The van der Waals surface area contributed by atoms with Crippen LogP contribution in [0.3, 0.4) is 0 Å². The highest BCUT2D eigenvalue weighted by Gasteiger charge is 2.18. The Bertz CT molecular complexity index is 305. The number of methoxy groups -OCH3 is 2. The SMILES string of the molecule is COC(OC)C(=O)Cc1nccn1C. The summed E-state index contributed by atoms with van der Waals surface area (Å²) in [4.78, 5) is 15.6. The van der Waals surface area contributed by atoms with E-state index in [0.717, 1.165) is 0 Å². The summed E-state index contributed by atoms with van der Waals surface area (Å²) < 4.78 is 11.5. The number of Topliss-reactive ketones (excluding diaryl/α,β-unsaturated/α-hetero) is 1. The zero-order valence-corrected chi connectivity index (χ0v) is 8.56. The molecule has 5 heteroatoms. The molecule has 0 aliphatic heterocycles. The number of aryl methyl sites for hydroxylation is 1. The lowest BCUT2D eigenvalue weighted by Crippen LogP contribution is -2.27. The maximum atomic E-state index is 11.5. The Labute approximate surface area is 82.6 Å². The van der Waals surface area contributed by atoms with Gasteiger partial charge in [0.1, 0.15) is 5.82 Å². The second-order valence-electron chi connectivity index (χ2n) is 2.90. The summed E-state index contributed by atoms with van der Waals surface area (Å²) in [6, 6.07) is 0. The number of hydrogen-bond donors (Lipinski definition) is 0. The van der Waals surface area contributed by atoms with Gasteiger partial charge in [0.15, 0.2) is 5.78 Å². The van der Waals surface area contributed by atoms with Gasteiger partial charge in [0.25, 0.3) is 0 Å². The van der Waals surface area contributed by atoms with Crippen molar-refractivity contribution in [2.24, 2.45) is 7.05 Å². The van der Waals surface area contributed by atoms with E-state index in [9.17, 15) is 4.79 Å². The zero-order chi connectivity index (χ0) is 10.6. The number of carbonyl (C=O) groups excluding carboxylic acids is 1. The first-order valence-electron chi connectivity index (χ1n) is 4.23. The van der Waals surface area contributed by atoms with Crippen molar-refractivity contribution >= 4 is 5.78 Å². The van der Waals surface area contributed by atoms with Gasteiger partial charge in [-0.25, -0.2) is 4.98 Å². The molecule has 0 saturated heterocycles. The van der Waals surface area contributed by atoms with E-state index in [2.05, 4.69) is 4.98 Å². The minimum Gasteiger partial charge on any atom is -0.349 e. The first-order chi connectivity index (χ1) is 6.69. The third kappa shape index (κ3) is 2.40. The van der Waals surface area contributed by atoms with E-state index < -0.39 is 6.29 Å². The highest BCUT2D eigenvalue weighted by molar-refractivity contribution is 5.83. The van der Waals surface area contributed by atoms with Crippen molar-refractivity contribution in [2.75, 3.05) is 14.2 Å². The van der Waals surface area contributed by atoms with Crippen LogP contribution in [0.2, 0.25) is 0 Å². The molecule has 0 aliphatic rings. The molecular formula is C9H14N2O3. The molecule has 1 aromatic heterocycles. The first-order valence-corrected chi connectivity index (χ1v) is 4.23. The van der Waals surface area contributed by atoms with E-state index in [1.54, 1.807) is 17.0 Å². The lowest BCUT2D eigenvalue weighted by Gasteiger charge is -2.11. The minimum absolute atomic E-state index is 0.135. The fraction of sp³-hybridized carbons (Fsp3) is 0.556. The molecule has 0 unspecified atom stereocenters. The molecule has 0 radical (unpaired) electrons. The molecule has 5 nitrogen and oxygen atoms in total. The Balaban J connectivity index is 2.61. The number of imidazole rings is 1. The summed E-state index contributed by atoms with van der Waals surface area (Å²) in [5.41, 5.74) is 0. The van der Waals surface area contributed by atoms with Crippen molar-refractivity contribution in [1.82, 2.24) is 9.55 Å². The molecule has 0 bridgehead atoms. The Kier molecular flexibility index (Phi) is 3.79. The van der Waals surface area contributed by atoms with E-state index in [4.69, 9.17) is 9.47 Å². The van der Waals surface area contributed by atoms with Crippen LogP contribution in [0.1, 0.15) is 5.82 Å². The topological polar surface area (TPSA) is 53.4 Å². The van der Waals surface area contributed by atoms with Crippen LogP contribution in [-0.4, -0.2) is 35.8 Å². The third-order valence-electron chi connectivity index (χ3n) is 1.94. The largest absolute Gasteiger partial charge is 0.349 e. The van der Waals surface area contributed by atoms with Crippen LogP contribution in [0.25, 0.3) is 0 Å². The predicted octanol–water partition coefficient (Wildman–Crippen LogP) is 0.151. The molecule has 1 heterocycles. The molecule has 1 aromatic rings. The van der Waals surface area contributed by atoms with Crippen LogP contribution in [0, 0.1) is 0 Å². The van der Waals surface area contributed by atoms with E-state index in [-0.39, 0.29) is 12.2 Å². The molecule has 0 atom stereocenters. The molecule has 0 amide bonds. The molecule has 0 saturated carbocycles. The maximum Gasteiger partial charge on any atom is 0.217 e. The summed E-state index contributed by atoms with van der Waals surface area (Å²) in [7, 11) is 4.71. The van der Waals surface area contributed by atoms with Crippen LogP contribution in [-0.2, 0) is 27.7 Å². The van der Waals surface area contributed by atoms with Crippen molar-refractivity contribution in [2.45, 2.75) is 12.7 Å². The van der Waals surface area contributed by atoms with Crippen LogP contribution in [0.4, 0.5) is 0 Å². The average molecular weight is 198 g/mol. The van der Waals surface area contributed by atoms with Crippen molar-refractivity contribution in [3.05, 3.63) is 18.2 Å². The first kappa shape index (κ1) is 10.9. The highest BCUT2D eigenvalue weighted by atomic mass is 16.7. The van der Waals surface area contributed by atoms with E-state index >= 15 is 0 Å². The van der Waals surface area contributed by atoms with Gasteiger partial charge in [-0.3, -0.25) is 4.79 Å². The minimum atomic E-state index is -0.799. The lowest BCUT2D eigenvalue weighted by molar-refractivity contribution is -0.156. The quantitative estimate of drug-likeness (QED) is 0.632. The summed E-state index contributed by atoms with van der Waals surface area (Å²) >= 11 is 0. The van der Waals surface area contributed by atoms with Crippen molar-refractivity contribution in [3.63, 3.8) is 0 Å². The van der Waals surface area contributed by atoms with Gasteiger partial charge in [-0.2, -0.15) is 0 Å². The maximum absolute atomic E-state index is 11.5. The highest BCUT2D eigenvalue weighted by Crippen LogP contribution is 2.01. The monoisotopic (exact) mass is 198 g/mol. The summed E-state index contributed by atoms with van der Waals surface area (Å²) in [6.07, 6.45) is 2.86. The molecule has 1 rings (SSSR count). The lowest BCUT2D eigenvalue weighted by atomic mass is 10.2. The van der Waals surface area contributed by atoms with Crippen molar-refractivity contribution in [1.29, 1.82) is 0 Å². The number of hydrogen-bond acceptors (Lipinski definition) is 4. The van der Waals surface area contributed by atoms with Gasteiger partial charge in [0, 0.05) is 33.7 Å². The number of ether oxygens (including phenoxy) is 2. The molecule has 0 aromatic carbocycles. The van der Waals surface area contributed by atoms with Gasteiger partial charge < -0.3 is 14.0 Å². The second kappa shape index (κ2) is 4.88. The van der Waals surface area contributed by atoms with Crippen LogP contribution in [0.15, 0.2) is 12.4 Å². The van der Waals surface area contributed by atoms with E-state index in [0.29, 0.717) is 5.82 Å². The number of rotatable bonds is 5. The standard InChI is InChI=1S/C9H14N2O3/c1-11-5-4-10-8(11)6-7(12)9(13-2)14-3/h4-5,9H,6H2,1-3H3. The van der Waals surface area contributed by atoms with Crippen molar-refractivity contribution in [3.8, 4) is 0 Å². The molecule has 0 N–H and O–H groups in total. The third-order valence-corrected chi connectivity index (χ3v) is 1.94. The van der Waals surface area contributed by atoms with Gasteiger partial charge >= 0.3 is 0 Å². The van der Waals surface area contributed by atoms with Crippen LogP contribution < -0.4 is 0 Å². The number of aromatic nitrogens is 2. The van der Waals surface area contributed by atoms with Gasteiger partial charge in [0.05, 0.1) is 6.42 Å². The number of nitrogens with zero attached hydrogens (tertiary/aromatic N) is 2. The number of carbonyl (C=O) groups is 1. The van der Waals surface area contributed by atoms with Gasteiger partial charge in [0.2, 0.25) is 6.29 Å². The van der Waals surface area contributed by atoms with Gasteiger partial charge in [-0.15, -0.1) is 0 Å². The predicted molar refractivity (Wildman–Crippen MR) is 49.7 cm³/mol. The van der Waals surface area contributed by atoms with Crippen LogP contribution in [0.5, 0.6) is 0 Å². The summed E-state index contributed by atoms with van der Waals surface area (Å²) in [5.74, 6) is 0.568. The second-order valence-corrected chi connectivity index (χ2v) is 2.90. The van der Waals surface area contributed by atoms with E-state index in [1.165, 1.54) is 14.2 Å². The molecule has 0 spiro atoms. The molecule has 0 fully saturated rings. The smallest absolute Gasteiger partial charge is 0.217 e. The van der Waals surface area contributed by atoms with Crippen LogP contribution >= 0.6 is 0 Å². The molecule has 78 valence electrons.